The minimum absolute atomic E-state index is 0.227. The van der Waals surface area contributed by atoms with E-state index in [4.69, 9.17) is 0 Å². The molecule has 0 unspecified atom stereocenters. The van der Waals surface area contributed by atoms with Gasteiger partial charge in [-0.05, 0) is 30.7 Å². The number of aryl methyl sites for hydroxylation is 2. The molecule has 0 fully saturated rings. The number of halogens is 1. The minimum Gasteiger partial charge on any atom is -0.275 e. The molecule has 2 rings (SSSR count). The average molecular weight is 344 g/mol. The Morgan fingerprint density at radius 2 is 2.16 bits per heavy atom. The zero-order valence-electron chi connectivity index (χ0n) is 10.6. The zero-order valence-corrected chi connectivity index (χ0v) is 13.0. The summed E-state index contributed by atoms with van der Waals surface area (Å²) in [6.45, 7) is 2.08. The van der Waals surface area contributed by atoms with Gasteiger partial charge in [0, 0.05) is 29.8 Å². The quantitative estimate of drug-likeness (QED) is 0.922. The number of sulfonamides is 1. The molecule has 0 aliphatic heterocycles. The predicted molar refractivity (Wildman–Crippen MR) is 76.1 cm³/mol. The van der Waals surface area contributed by atoms with Gasteiger partial charge in [-0.3, -0.25) is 4.68 Å². The summed E-state index contributed by atoms with van der Waals surface area (Å²) in [4.78, 5) is 0.261. The van der Waals surface area contributed by atoms with E-state index in [9.17, 15) is 8.42 Å². The Bertz CT molecular complexity index is 695. The molecule has 1 aromatic heterocycles. The second kappa shape index (κ2) is 5.44. The molecule has 1 heterocycles. The molecule has 0 amide bonds. The fourth-order valence-corrected chi connectivity index (χ4v) is 2.96. The highest BCUT2D eigenvalue weighted by Gasteiger charge is 2.14. The van der Waals surface area contributed by atoms with Crippen molar-refractivity contribution in [1.29, 1.82) is 0 Å². The van der Waals surface area contributed by atoms with Crippen LogP contribution in [0.4, 0.5) is 0 Å². The SMILES string of the molecule is Cc1cc(S(=O)(=O)NCc2cnn(C)c2)ccc1Br. The van der Waals surface area contributed by atoms with E-state index in [2.05, 4.69) is 25.8 Å². The van der Waals surface area contributed by atoms with Crippen LogP contribution in [0.2, 0.25) is 0 Å². The molecule has 7 heteroatoms. The Hall–Kier alpha value is -1.18. The summed E-state index contributed by atoms with van der Waals surface area (Å²) in [5.74, 6) is 0. The van der Waals surface area contributed by atoms with Crippen molar-refractivity contribution in [3.8, 4) is 0 Å². The third-order valence-electron chi connectivity index (χ3n) is 2.66. The molecule has 102 valence electrons. The van der Waals surface area contributed by atoms with Crippen molar-refractivity contribution < 1.29 is 8.42 Å². The molecule has 1 N–H and O–H groups in total. The molecule has 0 aliphatic rings. The summed E-state index contributed by atoms with van der Waals surface area (Å²) >= 11 is 3.35. The molecule has 1 aromatic carbocycles. The molecule has 0 saturated heterocycles. The van der Waals surface area contributed by atoms with Crippen LogP contribution in [0.3, 0.4) is 0 Å². The fraction of sp³-hybridized carbons (Fsp3) is 0.250. The van der Waals surface area contributed by atoms with Crippen LogP contribution in [0.1, 0.15) is 11.1 Å². The smallest absolute Gasteiger partial charge is 0.240 e. The van der Waals surface area contributed by atoms with Crippen molar-refractivity contribution in [2.24, 2.45) is 7.05 Å². The zero-order chi connectivity index (χ0) is 14.0. The van der Waals surface area contributed by atoms with Gasteiger partial charge in [-0.15, -0.1) is 0 Å². The first kappa shape index (κ1) is 14.2. The molecule has 0 atom stereocenters. The summed E-state index contributed by atoms with van der Waals surface area (Å²) in [6.07, 6.45) is 3.41. The Morgan fingerprint density at radius 1 is 1.42 bits per heavy atom. The largest absolute Gasteiger partial charge is 0.275 e. The van der Waals surface area contributed by atoms with E-state index in [0.717, 1.165) is 15.6 Å². The summed E-state index contributed by atoms with van der Waals surface area (Å²) < 4.78 is 29.3. The van der Waals surface area contributed by atoms with Gasteiger partial charge in [-0.25, -0.2) is 13.1 Å². The molecular formula is C12H14BrN3O2S. The van der Waals surface area contributed by atoms with E-state index >= 15 is 0 Å². The lowest BCUT2D eigenvalue weighted by Gasteiger charge is -2.07. The summed E-state index contributed by atoms with van der Waals surface area (Å²) in [7, 11) is -1.71. The van der Waals surface area contributed by atoms with E-state index in [1.807, 2.05) is 6.92 Å². The monoisotopic (exact) mass is 343 g/mol. The molecule has 0 aliphatic carbocycles. The third-order valence-corrected chi connectivity index (χ3v) is 4.95. The molecule has 2 aromatic rings. The van der Waals surface area contributed by atoms with E-state index in [1.165, 1.54) is 0 Å². The number of nitrogens with zero attached hydrogens (tertiary/aromatic N) is 2. The normalized spacial score (nSPS) is 11.7. The Balaban J connectivity index is 2.16. The summed E-state index contributed by atoms with van der Waals surface area (Å²) in [6, 6.07) is 4.94. The van der Waals surface area contributed by atoms with Crippen molar-refractivity contribution in [1.82, 2.24) is 14.5 Å². The number of benzene rings is 1. The molecule has 0 radical (unpaired) electrons. The van der Waals surface area contributed by atoms with Crippen LogP contribution >= 0.6 is 15.9 Å². The van der Waals surface area contributed by atoms with Crippen LogP contribution in [0.5, 0.6) is 0 Å². The molecule has 19 heavy (non-hydrogen) atoms. The van der Waals surface area contributed by atoms with Gasteiger partial charge < -0.3 is 0 Å². The molecule has 0 saturated carbocycles. The maximum atomic E-state index is 12.1. The number of nitrogens with one attached hydrogen (secondary N) is 1. The van der Waals surface area contributed by atoms with Gasteiger partial charge in [0.15, 0.2) is 0 Å². The van der Waals surface area contributed by atoms with Crippen LogP contribution in [0.25, 0.3) is 0 Å². The number of rotatable bonds is 4. The minimum atomic E-state index is -3.50. The highest BCUT2D eigenvalue weighted by atomic mass is 79.9. The van der Waals surface area contributed by atoms with Gasteiger partial charge in [0.05, 0.1) is 11.1 Å². The summed E-state index contributed by atoms with van der Waals surface area (Å²) in [5.41, 5.74) is 1.70. The second-order valence-corrected chi connectivity index (χ2v) is 6.88. The van der Waals surface area contributed by atoms with E-state index in [1.54, 1.807) is 42.3 Å². The van der Waals surface area contributed by atoms with E-state index < -0.39 is 10.0 Å². The van der Waals surface area contributed by atoms with E-state index in [0.29, 0.717) is 0 Å². The maximum Gasteiger partial charge on any atom is 0.240 e. The first-order chi connectivity index (χ1) is 8.88. The van der Waals surface area contributed by atoms with Crippen molar-refractivity contribution in [2.45, 2.75) is 18.4 Å². The van der Waals surface area contributed by atoms with Crippen LogP contribution < -0.4 is 4.72 Å². The topological polar surface area (TPSA) is 64.0 Å². The molecular weight excluding hydrogens is 330 g/mol. The molecule has 5 nitrogen and oxygen atoms in total. The molecule has 0 spiro atoms. The predicted octanol–water partition coefficient (Wildman–Crippen LogP) is 1.97. The first-order valence-electron chi connectivity index (χ1n) is 5.62. The van der Waals surface area contributed by atoms with Crippen LogP contribution in [-0.2, 0) is 23.6 Å². The van der Waals surface area contributed by atoms with Gasteiger partial charge in [0.25, 0.3) is 0 Å². The third kappa shape index (κ3) is 3.43. The van der Waals surface area contributed by atoms with Gasteiger partial charge in [0.1, 0.15) is 0 Å². The summed E-state index contributed by atoms with van der Waals surface area (Å²) in [5, 5.41) is 3.99. The molecule has 0 bridgehead atoms. The van der Waals surface area contributed by atoms with Gasteiger partial charge >= 0.3 is 0 Å². The van der Waals surface area contributed by atoms with Crippen molar-refractivity contribution in [2.75, 3.05) is 0 Å². The van der Waals surface area contributed by atoms with Gasteiger partial charge in [-0.2, -0.15) is 5.10 Å². The maximum absolute atomic E-state index is 12.1. The van der Waals surface area contributed by atoms with E-state index in [-0.39, 0.29) is 11.4 Å². The second-order valence-electron chi connectivity index (χ2n) is 4.26. The lowest BCUT2D eigenvalue weighted by atomic mass is 10.2. The van der Waals surface area contributed by atoms with Crippen molar-refractivity contribution >= 4 is 26.0 Å². The lowest BCUT2D eigenvalue weighted by Crippen LogP contribution is -2.23. The number of hydrogen-bond donors (Lipinski definition) is 1. The Labute approximate surface area is 120 Å². The van der Waals surface area contributed by atoms with Crippen LogP contribution in [0, 0.1) is 6.92 Å². The standard InChI is InChI=1S/C12H14BrN3O2S/c1-9-5-11(3-4-12(9)13)19(17,18)15-7-10-6-14-16(2)8-10/h3-6,8,15H,7H2,1-2H3. The highest BCUT2D eigenvalue weighted by Crippen LogP contribution is 2.20. The van der Waals surface area contributed by atoms with Crippen LogP contribution in [-0.4, -0.2) is 18.2 Å². The average Bonchev–Trinajstić information content (AvgIpc) is 2.76. The Morgan fingerprint density at radius 3 is 2.74 bits per heavy atom. The fourth-order valence-electron chi connectivity index (χ4n) is 1.61. The highest BCUT2D eigenvalue weighted by molar-refractivity contribution is 9.10. The van der Waals surface area contributed by atoms with Gasteiger partial charge in [-0.1, -0.05) is 15.9 Å². The van der Waals surface area contributed by atoms with Gasteiger partial charge in [0.2, 0.25) is 10.0 Å². The van der Waals surface area contributed by atoms with Crippen molar-refractivity contribution in [3.63, 3.8) is 0 Å². The lowest BCUT2D eigenvalue weighted by molar-refractivity contribution is 0.581. The van der Waals surface area contributed by atoms with Crippen LogP contribution in [0.15, 0.2) is 40.0 Å². The first-order valence-corrected chi connectivity index (χ1v) is 7.89. The Kier molecular flexibility index (Phi) is 4.07. The van der Waals surface area contributed by atoms with Crippen molar-refractivity contribution in [3.05, 3.63) is 46.2 Å². The number of aromatic nitrogens is 2. The number of hydrogen-bond acceptors (Lipinski definition) is 3.